The summed E-state index contributed by atoms with van der Waals surface area (Å²) in [5, 5.41) is 0. The Balaban J connectivity index is 2.27. The van der Waals surface area contributed by atoms with E-state index in [4.69, 9.17) is 9.47 Å². The Kier molecular flexibility index (Phi) is 18.8. The highest BCUT2D eigenvalue weighted by Gasteiger charge is 2.55. The van der Waals surface area contributed by atoms with E-state index >= 15 is 0 Å². The molecular formula is C33H66O2. The molecule has 1 saturated carbocycles. The summed E-state index contributed by atoms with van der Waals surface area (Å²) in [7, 11) is 0. The molecule has 1 rings (SSSR count). The summed E-state index contributed by atoms with van der Waals surface area (Å²) in [5.41, 5.74) is -0.194. The SMILES string of the molecule is CCCCCCCCCCCCCCCCCOC1(CCC(C)C)CCCCC1(OCC)C(C)C. The van der Waals surface area contributed by atoms with Crippen molar-refractivity contribution in [1.82, 2.24) is 0 Å². The van der Waals surface area contributed by atoms with Gasteiger partial charge in [-0.1, -0.05) is 137 Å². The molecule has 0 aromatic carbocycles. The van der Waals surface area contributed by atoms with Gasteiger partial charge in [-0.05, 0) is 50.9 Å². The molecule has 0 amide bonds. The zero-order valence-corrected chi connectivity index (χ0v) is 25.2. The third kappa shape index (κ3) is 12.3. The molecule has 0 heterocycles. The topological polar surface area (TPSA) is 18.5 Å². The Bertz CT molecular complexity index is 470. The fraction of sp³-hybridized carbons (Fsp3) is 1.00. The van der Waals surface area contributed by atoms with Gasteiger partial charge in [-0.25, -0.2) is 0 Å². The molecule has 0 aromatic heterocycles. The smallest absolute Gasteiger partial charge is 0.0993 e. The number of hydrogen-bond acceptors (Lipinski definition) is 2. The summed E-state index contributed by atoms with van der Waals surface area (Å²) < 4.78 is 13.6. The zero-order chi connectivity index (χ0) is 25.8. The molecule has 35 heavy (non-hydrogen) atoms. The van der Waals surface area contributed by atoms with E-state index in [-0.39, 0.29) is 11.2 Å². The van der Waals surface area contributed by atoms with Crippen LogP contribution in [0.3, 0.4) is 0 Å². The van der Waals surface area contributed by atoms with E-state index in [1.165, 1.54) is 122 Å². The lowest BCUT2D eigenvalue weighted by Gasteiger charge is -2.55. The highest BCUT2D eigenvalue weighted by Crippen LogP contribution is 2.50. The second-order valence-corrected chi connectivity index (χ2v) is 12.4. The summed E-state index contributed by atoms with van der Waals surface area (Å²) in [6.45, 7) is 15.6. The first-order valence-electron chi connectivity index (χ1n) is 16.2. The predicted octanol–water partition coefficient (Wildman–Crippen LogP) is 11.1. The minimum Gasteiger partial charge on any atom is -0.372 e. The van der Waals surface area contributed by atoms with Gasteiger partial charge in [0.1, 0.15) is 0 Å². The molecule has 0 aromatic rings. The van der Waals surface area contributed by atoms with Crippen molar-refractivity contribution in [3.63, 3.8) is 0 Å². The zero-order valence-electron chi connectivity index (χ0n) is 25.2. The van der Waals surface area contributed by atoms with E-state index in [9.17, 15) is 0 Å². The van der Waals surface area contributed by atoms with E-state index in [1.54, 1.807) is 0 Å². The molecule has 2 atom stereocenters. The number of rotatable bonds is 23. The molecule has 0 N–H and O–H groups in total. The van der Waals surface area contributed by atoms with E-state index in [0.717, 1.165) is 32.0 Å². The largest absolute Gasteiger partial charge is 0.372 e. The van der Waals surface area contributed by atoms with Crippen LogP contribution in [0.15, 0.2) is 0 Å². The first kappa shape index (κ1) is 32.9. The lowest BCUT2D eigenvalue weighted by atomic mass is 9.63. The van der Waals surface area contributed by atoms with Crippen LogP contribution >= 0.6 is 0 Å². The Labute approximate surface area is 222 Å². The van der Waals surface area contributed by atoms with Crippen LogP contribution in [-0.4, -0.2) is 24.4 Å². The Morgan fingerprint density at radius 2 is 1.09 bits per heavy atom. The van der Waals surface area contributed by atoms with Crippen molar-refractivity contribution >= 4 is 0 Å². The van der Waals surface area contributed by atoms with Crippen LogP contribution in [-0.2, 0) is 9.47 Å². The molecule has 2 unspecified atom stereocenters. The average molecular weight is 495 g/mol. The van der Waals surface area contributed by atoms with E-state index in [1.807, 2.05) is 0 Å². The lowest BCUT2D eigenvalue weighted by molar-refractivity contribution is -0.249. The van der Waals surface area contributed by atoms with E-state index in [0.29, 0.717) is 5.92 Å². The van der Waals surface area contributed by atoms with Crippen LogP contribution in [0.4, 0.5) is 0 Å². The molecule has 1 fully saturated rings. The maximum absolute atomic E-state index is 6.94. The molecule has 0 spiro atoms. The molecular weight excluding hydrogens is 428 g/mol. The van der Waals surface area contributed by atoms with Crippen LogP contribution < -0.4 is 0 Å². The van der Waals surface area contributed by atoms with Gasteiger partial charge in [0.15, 0.2) is 0 Å². The molecule has 210 valence electrons. The third-order valence-corrected chi connectivity index (χ3v) is 8.74. The van der Waals surface area contributed by atoms with Gasteiger partial charge in [0, 0.05) is 13.2 Å². The maximum atomic E-state index is 6.94. The quantitative estimate of drug-likeness (QED) is 0.131. The van der Waals surface area contributed by atoms with Crippen molar-refractivity contribution in [3.8, 4) is 0 Å². The molecule has 0 radical (unpaired) electrons. The fourth-order valence-corrected chi connectivity index (χ4v) is 6.55. The van der Waals surface area contributed by atoms with Gasteiger partial charge < -0.3 is 9.47 Å². The van der Waals surface area contributed by atoms with Crippen molar-refractivity contribution in [2.45, 2.75) is 188 Å². The molecule has 0 bridgehead atoms. The van der Waals surface area contributed by atoms with Gasteiger partial charge in [-0.3, -0.25) is 0 Å². The second-order valence-electron chi connectivity index (χ2n) is 12.4. The maximum Gasteiger partial charge on any atom is 0.0993 e. The fourth-order valence-electron chi connectivity index (χ4n) is 6.55. The van der Waals surface area contributed by atoms with Gasteiger partial charge in [-0.15, -0.1) is 0 Å². The summed E-state index contributed by atoms with van der Waals surface area (Å²) >= 11 is 0. The van der Waals surface area contributed by atoms with Gasteiger partial charge >= 0.3 is 0 Å². The lowest BCUT2D eigenvalue weighted by Crippen LogP contribution is -2.62. The van der Waals surface area contributed by atoms with Crippen LogP contribution in [0.2, 0.25) is 0 Å². The van der Waals surface area contributed by atoms with Crippen LogP contribution in [0.1, 0.15) is 176 Å². The third-order valence-electron chi connectivity index (χ3n) is 8.74. The van der Waals surface area contributed by atoms with Gasteiger partial charge in [0.2, 0.25) is 0 Å². The van der Waals surface area contributed by atoms with Crippen LogP contribution in [0, 0.1) is 11.8 Å². The van der Waals surface area contributed by atoms with Crippen molar-refractivity contribution in [2.75, 3.05) is 13.2 Å². The predicted molar refractivity (Wildman–Crippen MR) is 155 cm³/mol. The highest BCUT2D eigenvalue weighted by molar-refractivity contribution is 5.07. The van der Waals surface area contributed by atoms with Crippen molar-refractivity contribution in [2.24, 2.45) is 11.8 Å². The van der Waals surface area contributed by atoms with Gasteiger partial charge in [0.25, 0.3) is 0 Å². The second kappa shape index (κ2) is 20.0. The van der Waals surface area contributed by atoms with Crippen molar-refractivity contribution in [1.29, 1.82) is 0 Å². The van der Waals surface area contributed by atoms with Crippen LogP contribution in [0.25, 0.3) is 0 Å². The van der Waals surface area contributed by atoms with Gasteiger partial charge in [0.05, 0.1) is 11.2 Å². The number of hydrogen-bond donors (Lipinski definition) is 0. The van der Waals surface area contributed by atoms with Gasteiger partial charge in [-0.2, -0.15) is 0 Å². The minimum absolute atomic E-state index is 0.0876. The monoisotopic (exact) mass is 495 g/mol. The summed E-state index contributed by atoms with van der Waals surface area (Å²) in [5.74, 6) is 1.21. The standard InChI is InChI=1S/C33H66O2/c1-7-9-10-11-12-13-14-15-16-17-18-19-20-21-24-29-35-32(28-25-30(3)4)26-22-23-27-33(32,31(5)6)34-8-2/h30-31H,7-29H2,1-6H3. The Hall–Kier alpha value is -0.0800. The number of ether oxygens (including phenoxy) is 2. The number of unbranched alkanes of at least 4 members (excludes halogenated alkanes) is 14. The summed E-state index contributed by atoms with van der Waals surface area (Å²) in [6.07, 6.45) is 28.5. The summed E-state index contributed by atoms with van der Waals surface area (Å²) in [4.78, 5) is 0. The van der Waals surface area contributed by atoms with Crippen LogP contribution in [0.5, 0.6) is 0 Å². The normalized spacial score (nSPS) is 23.0. The summed E-state index contributed by atoms with van der Waals surface area (Å²) in [6, 6.07) is 0. The minimum atomic E-state index is -0.107. The average Bonchev–Trinajstić information content (AvgIpc) is 2.83. The molecule has 1 aliphatic rings. The Morgan fingerprint density at radius 3 is 1.54 bits per heavy atom. The highest BCUT2D eigenvalue weighted by atomic mass is 16.6. The molecule has 2 nitrogen and oxygen atoms in total. The first-order valence-corrected chi connectivity index (χ1v) is 16.2. The Morgan fingerprint density at radius 1 is 0.600 bits per heavy atom. The molecule has 0 saturated heterocycles. The molecule has 0 aliphatic heterocycles. The molecule has 1 aliphatic carbocycles. The van der Waals surface area contributed by atoms with E-state index in [2.05, 4.69) is 41.5 Å². The van der Waals surface area contributed by atoms with E-state index < -0.39 is 0 Å². The van der Waals surface area contributed by atoms with Crippen molar-refractivity contribution in [3.05, 3.63) is 0 Å². The first-order chi connectivity index (χ1) is 16.9. The van der Waals surface area contributed by atoms with Crippen molar-refractivity contribution < 1.29 is 9.47 Å². The molecule has 2 heteroatoms.